The maximum absolute atomic E-state index is 13.1. The van der Waals surface area contributed by atoms with Crippen molar-refractivity contribution in [2.75, 3.05) is 16.5 Å². The summed E-state index contributed by atoms with van der Waals surface area (Å²) in [5.41, 5.74) is 8.04. The number of hydrogen-bond donors (Lipinski definition) is 2. The Kier molecular flexibility index (Phi) is 6.62. The molecule has 1 amide bonds. The summed E-state index contributed by atoms with van der Waals surface area (Å²) >= 11 is 0. The van der Waals surface area contributed by atoms with Crippen LogP contribution in [0.4, 0.5) is 22.7 Å². The van der Waals surface area contributed by atoms with Crippen molar-refractivity contribution in [3.8, 4) is 11.5 Å². The van der Waals surface area contributed by atoms with Crippen LogP contribution in [-0.2, 0) is 11.2 Å². The average Bonchev–Trinajstić information content (AvgIpc) is 3.26. The summed E-state index contributed by atoms with van der Waals surface area (Å²) in [5, 5.41) is 25.1. The number of nitrogens with zero attached hydrogens (tertiary/aromatic N) is 4. The average molecular weight is 529 g/mol. The first-order valence-electron chi connectivity index (χ1n) is 13.2. The van der Waals surface area contributed by atoms with Crippen LogP contribution in [0.2, 0.25) is 0 Å². The lowest BCUT2D eigenvalue weighted by Gasteiger charge is -2.31. The molecule has 0 spiro atoms. The second kappa shape index (κ2) is 10.5. The maximum Gasteiger partial charge on any atom is 0.280 e. The molecule has 0 fully saturated rings. The fourth-order valence-electron chi connectivity index (χ4n) is 5.06. The van der Waals surface area contributed by atoms with Gasteiger partial charge in [-0.05, 0) is 109 Å². The Morgan fingerprint density at radius 1 is 0.850 bits per heavy atom. The summed E-state index contributed by atoms with van der Waals surface area (Å²) < 4.78 is 0. The number of carbonyl (C=O) groups excluding carboxylic acids is 1. The summed E-state index contributed by atoms with van der Waals surface area (Å²) in [5.74, 6) is -0.444. The summed E-state index contributed by atoms with van der Waals surface area (Å²) in [7, 11) is 0. The lowest BCUT2D eigenvalue weighted by atomic mass is 9.97. The van der Waals surface area contributed by atoms with Gasteiger partial charge in [-0.2, -0.15) is 10.1 Å². The van der Waals surface area contributed by atoms with Crippen LogP contribution >= 0.6 is 0 Å². The van der Waals surface area contributed by atoms with Crippen LogP contribution in [0.5, 0.6) is 11.5 Å². The van der Waals surface area contributed by atoms with Crippen LogP contribution < -0.4 is 9.91 Å². The van der Waals surface area contributed by atoms with Gasteiger partial charge in [0.2, 0.25) is 0 Å². The summed E-state index contributed by atoms with van der Waals surface area (Å²) in [6, 6.07) is 28.5. The van der Waals surface area contributed by atoms with Crippen molar-refractivity contribution in [3.05, 3.63) is 113 Å². The highest BCUT2D eigenvalue weighted by Crippen LogP contribution is 2.36. The lowest BCUT2D eigenvalue weighted by Crippen LogP contribution is -2.24. The molecular weight excluding hydrogens is 500 g/mol. The number of para-hydroxylation sites is 1. The largest absolute Gasteiger partial charge is 0.504 e. The Labute approximate surface area is 232 Å². The number of carbonyl (C=O) groups is 1. The summed E-state index contributed by atoms with van der Waals surface area (Å²) in [4.78, 5) is 19.9. The predicted octanol–water partition coefficient (Wildman–Crippen LogP) is 6.74. The number of amides is 1. The molecule has 6 rings (SSSR count). The molecule has 0 unspecified atom stereocenters. The van der Waals surface area contributed by atoms with Crippen LogP contribution in [-0.4, -0.2) is 34.6 Å². The highest BCUT2D eigenvalue weighted by atomic mass is 16.3. The molecule has 7 heteroatoms. The number of hydrazone groups is 1. The first kappa shape index (κ1) is 25.1. The van der Waals surface area contributed by atoms with Crippen molar-refractivity contribution in [2.24, 2.45) is 10.1 Å². The molecule has 4 aromatic carbocycles. The van der Waals surface area contributed by atoms with Crippen molar-refractivity contribution in [1.29, 1.82) is 0 Å². The Morgan fingerprint density at radius 3 is 2.40 bits per heavy atom. The molecule has 0 radical (unpaired) electrons. The quantitative estimate of drug-likeness (QED) is 0.171. The van der Waals surface area contributed by atoms with E-state index in [0.717, 1.165) is 42.0 Å². The van der Waals surface area contributed by atoms with Gasteiger partial charge in [0.25, 0.3) is 5.91 Å². The van der Waals surface area contributed by atoms with Crippen LogP contribution in [0, 0.1) is 0 Å². The van der Waals surface area contributed by atoms with Gasteiger partial charge < -0.3 is 15.1 Å². The first-order chi connectivity index (χ1) is 19.5. The van der Waals surface area contributed by atoms with Crippen molar-refractivity contribution in [2.45, 2.75) is 19.8 Å². The van der Waals surface area contributed by atoms with E-state index in [2.05, 4.69) is 45.3 Å². The van der Waals surface area contributed by atoms with Gasteiger partial charge in [0.05, 0.1) is 22.7 Å². The second-order valence-electron chi connectivity index (χ2n) is 9.86. The van der Waals surface area contributed by atoms with E-state index < -0.39 is 0 Å². The molecule has 2 heterocycles. The zero-order valence-corrected chi connectivity index (χ0v) is 22.0. The number of benzene rings is 4. The Balaban J connectivity index is 1.20. The second-order valence-corrected chi connectivity index (χ2v) is 9.86. The standard InChI is InChI=1S/C33H28N4O3/c1-22-29(33(40)37(35-22)28-7-3-2-4-8-28)19-23-9-15-30-25(18-23)6-5-17-36(30)27-13-11-26(12-14-27)34-21-24-10-16-31(38)32(39)20-24/h2-4,7-16,18-21,38-39H,5-6,17H2,1H3/b29-19-,34-21+. The molecule has 4 aromatic rings. The molecule has 0 saturated carbocycles. The van der Waals surface area contributed by atoms with Gasteiger partial charge in [-0.25, -0.2) is 0 Å². The Morgan fingerprint density at radius 2 is 1.62 bits per heavy atom. The van der Waals surface area contributed by atoms with E-state index in [4.69, 9.17) is 0 Å². The third kappa shape index (κ3) is 4.97. The minimum absolute atomic E-state index is 0.118. The van der Waals surface area contributed by atoms with Crippen molar-refractivity contribution in [3.63, 3.8) is 0 Å². The molecule has 2 aliphatic rings. The van der Waals surface area contributed by atoms with Gasteiger partial charge in [-0.1, -0.05) is 24.3 Å². The van der Waals surface area contributed by atoms with Gasteiger partial charge in [0.1, 0.15) is 0 Å². The number of aromatic hydroxyl groups is 2. The number of anilines is 3. The van der Waals surface area contributed by atoms with Crippen molar-refractivity contribution >= 4 is 46.7 Å². The molecule has 0 aliphatic carbocycles. The summed E-state index contributed by atoms with van der Waals surface area (Å²) in [6.07, 6.45) is 5.59. The number of phenols is 2. The molecular formula is C33H28N4O3. The lowest BCUT2D eigenvalue weighted by molar-refractivity contribution is -0.114. The highest BCUT2D eigenvalue weighted by molar-refractivity contribution is 6.32. The molecule has 2 aliphatic heterocycles. The van der Waals surface area contributed by atoms with E-state index in [-0.39, 0.29) is 17.4 Å². The molecule has 0 aromatic heterocycles. The normalized spacial score (nSPS) is 16.1. The van der Waals surface area contributed by atoms with E-state index in [1.807, 2.05) is 55.5 Å². The fraction of sp³-hybridized carbons (Fsp3) is 0.121. The van der Waals surface area contributed by atoms with Crippen LogP contribution in [0.3, 0.4) is 0 Å². The number of phenolic OH excluding ortho intramolecular Hbond substituents is 2. The predicted molar refractivity (Wildman–Crippen MR) is 160 cm³/mol. The molecule has 0 bridgehead atoms. The van der Waals surface area contributed by atoms with E-state index in [0.29, 0.717) is 16.8 Å². The molecule has 2 N–H and O–H groups in total. The van der Waals surface area contributed by atoms with E-state index >= 15 is 0 Å². The third-order valence-corrected chi connectivity index (χ3v) is 7.12. The number of hydrogen-bond acceptors (Lipinski definition) is 6. The first-order valence-corrected chi connectivity index (χ1v) is 13.2. The summed E-state index contributed by atoms with van der Waals surface area (Å²) in [6.45, 7) is 2.79. The minimum Gasteiger partial charge on any atom is -0.504 e. The molecule has 7 nitrogen and oxygen atoms in total. The van der Waals surface area contributed by atoms with Gasteiger partial charge in [-0.15, -0.1) is 0 Å². The third-order valence-electron chi connectivity index (χ3n) is 7.12. The van der Waals surface area contributed by atoms with Gasteiger partial charge in [-0.3, -0.25) is 9.79 Å². The van der Waals surface area contributed by atoms with Gasteiger partial charge in [0.15, 0.2) is 11.5 Å². The number of aliphatic imine (C=N–C) groups is 1. The SMILES string of the molecule is CC1=NN(c2ccccc2)C(=O)/C1=C\c1ccc2c(c1)CCCN2c1ccc(/N=C/c2ccc(O)c(O)c2)cc1. The fourth-order valence-corrected chi connectivity index (χ4v) is 5.06. The smallest absolute Gasteiger partial charge is 0.280 e. The Hall–Kier alpha value is -5.17. The number of aryl methyl sites for hydroxylation is 1. The highest BCUT2D eigenvalue weighted by Gasteiger charge is 2.28. The maximum atomic E-state index is 13.1. The molecule has 198 valence electrons. The van der Waals surface area contributed by atoms with Crippen molar-refractivity contribution in [1.82, 2.24) is 0 Å². The van der Waals surface area contributed by atoms with Crippen molar-refractivity contribution < 1.29 is 15.0 Å². The zero-order valence-electron chi connectivity index (χ0n) is 22.0. The van der Waals surface area contributed by atoms with E-state index in [1.165, 1.54) is 28.4 Å². The topological polar surface area (TPSA) is 88.7 Å². The minimum atomic E-state index is -0.172. The van der Waals surface area contributed by atoms with Gasteiger partial charge >= 0.3 is 0 Å². The molecule has 0 atom stereocenters. The van der Waals surface area contributed by atoms with Crippen LogP contribution in [0.1, 0.15) is 30.0 Å². The Bertz CT molecular complexity index is 1670. The number of rotatable bonds is 5. The monoisotopic (exact) mass is 528 g/mol. The van der Waals surface area contributed by atoms with E-state index in [9.17, 15) is 15.0 Å². The molecule has 0 saturated heterocycles. The zero-order chi connectivity index (χ0) is 27.6. The van der Waals surface area contributed by atoms with E-state index in [1.54, 1.807) is 12.3 Å². The van der Waals surface area contributed by atoms with Gasteiger partial charge in [0, 0.05) is 24.1 Å². The van der Waals surface area contributed by atoms with Crippen LogP contribution in [0.25, 0.3) is 6.08 Å². The molecule has 40 heavy (non-hydrogen) atoms. The number of fused-ring (bicyclic) bond motifs is 1. The van der Waals surface area contributed by atoms with Crippen LogP contribution in [0.15, 0.2) is 107 Å².